The van der Waals surface area contributed by atoms with Crippen molar-refractivity contribution in [1.82, 2.24) is 0 Å². The molecular weight excluding hydrogens is 249 g/mol. The van der Waals surface area contributed by atoms with E-state index >= 15 is 0 Å². The fourth-order valence-corrected chi connectivity index (χ4v) is 1.38. The first-order valence-electron chi connectivity index (χ1n) is 3.27. The minimum absolute atomic E-state index is 0.338. The minimum Gasteiger partial charge on any atom is -0.256 e. The zero-order chi connectivity index (χ0) is 9.84. The van der Waals surface area contributed by atoms with E-state index in [2.05, 4.69) is 17.2 Å². The number of nitrogens with zero attached hydrogens (tertiary/aromatic N) is 1. The van der Waals surface area contributed by atoms with E-state index in [1.807, 2.05) is 0 Å². The van der Waals surface area contributed by atoms with Gasteiger partial charge in [0, 0.05) is 11.6 Å². The van der Waals surface area contributed by atoms with Crippen LogP contribution in [0.1, 0.15) is 0 Å². The van der Waals surface area contributed by atoms with Gasteiger partial charge in [-0.15, -0.1) is 0 Å². The Balaban J connectivity index is 3.12. The van der Waals surface area contributed by atoms with Crippen LogP contribution in [0.2, 0.25) is 15.1 Å². The quantitative estimate of drug-likeness (QED) is 0.433. The lowest BCUT2D eigenvalue weighted by molar-refractivity contribution is 1.55. The second-order valence-corrected chi connectivity index (χ2v) is 3.60. The Morgan fingerprint density at radius 3 is 2.15 bits per heavy atom. The number of aliphatic imine (C=N–C) groups is 1. The summed E-state index contributed by atoms with van der Waals surface area (Å²) in [5, 5.41) is 2.50. The third-order valence-electron chi connectivity index (χ3n) is 1.25. The van der Waals surface area contributed by atoms with Crippen molar-refractivity contribution >= 4 is 64.3 Å². The molecule has 0 radical (unpaired) electrons. The topological polar surface area (TPSA) is 12.4 Å². The summed E-state index contributed by atoms with van der Waals surface area (Å²) in [6, 6.07) is 3.23. The highest BCUT2D eigenvalue weighted by atomic mass is 35.5. The number of hydrogen-bond acceptors (Lipinski definition) is 2. The van der Waals surface area contributed by atoms with Crippen molar-refractivity contribution in [3.8, 4) is 0 Å². The summed E-state index contributed by atoms with van der Waals surface area (Å²) in [4.78, 5) is 3.98. The monoisotopic (exact) mass is 251 g/mol. The van der Waals surface area contributed by atoms with Gasteiger partial charge in [0.15, 0.2) is 0 Å². The van der Waals surface area contributed by atoms with E-state index in [0.717, 1.165) is 0 Å². The Labute approximate surface area is 96.3 Å². The van der Waals surface area contributed by atoms with Crippen molar-refractivity contribution < 1.29 is 0 Å². The van der Waals surface area contributed by atoms with E-state index in [9.17, 15) is 0 Å². The average Bonchev–Trinajstić information content (AvgIpc) is 2.10. The highest BCUT2D eigenvalue weighted by molar-refractivity contribution is 7.80. The fraction of sp³-hybridized carbons (Fsp3) is 0. The number of thiocarbonyl (C=S) groups is 1. The number of rotatable bonds is 2. The van der Waals surface area contributed by atoms with Gasteiger partial charge in [-0.25, -0.2) is 0 Å². The molecule has 0 spiro atoms. The van der Waals surface area contributed by atoms with Crippen LogP contribution in [0, 0.1) is 0 Å². The standard InChI is InChI=1S/C8H4Cl3NS/c9-6-3-5(12-1-2-13)4-7(10)8(6)11/h1-4H. The first-order valence-corrected chi connectivity index (χ1v) is 4.88. The zero-order valence-electron chi connectivity index (χ0n) is 6.30. The third kappa shape index (κ3) is 2.92. The first kappa shape index (κ1) is 10.9. The SMILES string of the molecule is S=CC=Nc1cc(Cl)c(Cl)c(Cl)c1. The lowest BCUT2D eigenvalue weighted by atomic mass is 10.3. The summed E-state index contributed by atoms with van der Waals surface area (Å²) < 4.78 is 0. The molecule has 0 N–H and O–H groups in total. The predicted molar refractivity (Wildman–Crippen MR) is 63.3 cm³/mol. The molecule has 0 heterocycles. The second-order valence-electron chi connectivity index (χ2n) is 2.14. The van der Waals surface area contributed by atoms with Crippen LogP contribution in [0.5, 0.6) is 0 Å². The summed E-state index contributed by atoms with van der Waals surface area (Å²) >= 11 is 21.9. The summed E-state index contributed by atoms with van der Waals surface area (Å²) in [5.74, 6) is 0. The van der Waals surface area contributed by atoms with Gasteiger partial charge in [-0.2, -0.15) is 0 Å². The van der Waals surface area contributed by atoms with E-state index in [-0.39, 0.29) is 0 Å². The molecule has 1 rings (SSSR count). The van der Waals surface area contributed by atoms with Crippen molar-refractivity contribution in [1.29, 1.82) is 0 Å². The molecule has 0 atom stereocenters. The van der Waals surface area contributed by atoms with Crippen molar-refractivity contribution in [2.24, 2.45) is 4.99 Å². The molecule has 0 aliphatic heterocycles. The lowest BCUT2D eigenvalue weighted by Crippen LogP contribution is -1.74. The van der Waals surface area contributed by atoms with Crippen LogP contribution in [0.4, 0.5) is 5.69 Å². The molecule has 0 bridgehead atoms. The second kappa shape index (κ2) is 4.91. The van der Waals surface area contributed by atoms with Crippen molar-refractivity contribution in [3.63, 3.8) is 0 Å². The minimum atomic E-state index is 0.338. The molecular formula is C8H4Cl3NS. The van der Waals surface area contributed by atoms with Crippen LogP contribution in [0.3, 0.4) is 0 Å². The van der Waals surface area contributed by atoms with E-state index in [1.54, 1.807) is 12.1 Å². The lowest BCUT2D eigenvalue weighted by Gasteiger charge is -1.99. The van der Waals surface area contributed by atoms with Gasteiger partial charge >= 0.3 is 0 Å². The van der Waals surface area contributed by atoms with Crippen molar-refractivity contribution in [3.05, 3.63) is 27.2 Å². The Kier molecular flexibility index (Phi) is 4.13. The number of benzene rings is 1. The van der Waals surface area contributed by atoms with Gasteiger partial charge in [-0.3, -0.25) is 4.99 Å². The predicted octanol–water partition coefficient (Wildman–Crippen LogP) is 4.35. The van der Waals surface area contributed by atoms with E-state index in [4.69, 9.17) is 34.8 Å². The molecule has 0 saturated heterocycles. The molecule has 0 aromatic heterocycles. The Hall–Kier alpha value is -0.150. The van der Waals surface area contributed by atoms with Crippen LogP contribution in [-0.4, -0.2) is 11.6 Å². The molecule has 1 aromatic rings. The van der Waals surface area contributed by atoms with E-state index < -0.39 is 0 Å². The molecule has 0 unspecified atom stereocenters. The molecule has 0 aliphatic rings. The van der Waals surface area contributed by atoms with Gasteiger partial charge in [0.1, 0.15) is 0 Å². The molecule has 5 heteroatoms. The maximum atomic E-state index is 5.77. The zero-order valence-corrected chi connectivity index (χ0v) is 9.38. The molecule has 1 nitrogen and oxygen atoms in total. The van der Waals surface area contributed by atoms with Gasteiger partial charge in [0.25, 0.3) is 0 Å². The molecule has 1 aromatic carbocycles. The normalized spacial score (nSPS) is 10.7. The summed E-state index contributed by atoms with van der Waals surface area (Å²) in [6.45, 7) is 0. The smallest absolute Gasteiger partial charge is 0.0780 e. The van der Waals surface area contributed by atoms with Crippen LogP contribution < -0.4 is 0 Å². The molecule has 0 aliphatic carbocycles. The summed E-state index contributed by atoms with van der Waals surface area (Å²) in [5.41, 5.74) is 0.625. The Morgan fingerprint density at radius 2 is 1.69 bits per heavy atom. The number of halogens is 3. The van der Waals surface area contributed by atoms with Crippen LogP contribution >= 0.6 is 47.0 Å². The fourth-order valence-electron chi connectivity index (χ4n) is 0.733. The van der Waals surface area contributed by atoms with Gasteiger partial charge in [0.2, 0.25) is 0 Å². The number of hydrogen-bond donors (Lipinski definition) is 0. The summed E-state index contributed by atoms with van der Waals surface area (Å²) in [6.07, 6.45) is 1.48. The third-order valence-corrected chi connectivity index (χ3v) is 2.57. The van der Waals surface area contributed by atoms with Crippen LogP contribution in [0.15, 0.2) is 17.1 Å². The van der Waals surface area contributed by atoms with Crippen LogP contribution in [0.25, 0.3) is 0 Å². The Bertz CT molecular complexity index is 339. The summed E-state index contributed by atoms with van der Waals surface area (Å²) in [7, 11) is 0. The highest BCUT2D eigenvalue weighted by Crippen LogP contribution is 2.33. The van der Waals surface area contributed by atoms with Gasteiger partial charge < -0.3 is 0 Å². The highest BCUT2D eigenvalue weighted by Gasteiger charge is 2.04. The largest absolute Gasteiger partial charge is 0.256 e. The van der Waals surface area contributed by atoms with Gasteiger partial charge in [-0.1, -0.05) is 47.0 Å². The maximum Gasteiger partial charge on any atom is 0.0780 e. The Morgan fingerprint density at radius 1 is 1.15 bits per heavy atom. The van der Waals surface area contributed by atoms with Crippen LogP contribution in [-0.2, 0) is 0 Å². The van der Waals surface area contributed by atoms with E-state index in [0.29, 0.717) is 20.8 Å². The molecule has 68 valence electrons. The molecule has 0 amide bonds. The molecule has 0 fully saturated rings. The van der Waals surface area contributed by atoms with Gasteiger partial charge in [-0.05, 0) is 12.1 Å². The van der Waals surface area contributed by atoms with E-state index in [1.165, 1.54) is 11.6 Å². The van der Waals surface area contributed by atoms with Gasteiger partial charge in [0.05, 0.1) is 20.8 Å². The first-order chi connectivity index (χ1) is 6.15. The van der Waals surface area contributed by atoms with Crippen molar-refractivity contribution in [2.75, 3.05) is 0 Å². The maximum absolute atomic E-state index is 5.77. The van der Waals surface area contributed by atoms with Crippen molar-refractivity contribution in [2.45, 2.75) is 0 Å². The molecule has 13 heavy (non-hydrogen) atoms. The average molecular weight is 253 g/mol. The molecule has 0 saturated carbocycles.